The Labute approximate surface area is 134 Å². The molecule has 0 spiro atoms. The van der Waals surface area contributed by atoms with Gasteiger partial charge in [-0.25, -0.2) is 8.78 Å². The van der Waals surface area contributed by atoms with E-state index in [1.54, 1.807) is 0 Å². The summed E-state index contributed by atoms with van der Waals surface area (Å²) in [5.41, 5.74) is 1.70. The molecular weight excluding hydrogens is 300 g/mol. The minimum Gasteiger partial charge on any atom is -0.374 e. The maximum Gasteiger partial charge on any atom is 0.254 e. The Morgan fingerprint density at radius 1 is 1.13 bits per heavy atom. The zero-order valence-electron chi connectivity index (χ0n) is 13.1. The van der Waals surface area contributed by atoms with E-state index in [4.69, 9.17) is 4.74 Å². The van der Waals surface area contributed by atoms with E-state index in [2.05, 4.69) is 5.32 Å². The van der Waals surface area contributed by atoms with Crippen molar-refractivity contribution in [3.63, 3.8) is 0 Å². The molecule has 2 rings (SSSR count). The molecular formula is C18H19F2NO2. The summed E-state index contributed by atoms with van der Waals surface area (Å²) >= 11 is 0. The number of carbonyl (C=O) groups is 1. The summed E-state index contributed by atoms with van der Waals surface area (Å²) in [6, 6.07) is 10.5. The van der Waals surface area contributed by atoms with Gasteiger partial charge in [0, 0.05) is 12.6 Å². The summed E-state index contributed by atoms with van der Waals surface area (Å²) in [4.78, 5) is 12.0. The standard InChI is InChI=1S/C18H19F2NO2/c1-12(2)23-11-14-5-3-4-13(8-14)10-21-18(22)16-7-6-15(19)9-17(16)20/h3-9,12H,10-11H2,1-2H3,(H,21,22). The Kier molecular flexibility index (Phi) is 5.82. The van der Waals surface area contributed by atoms with E-state index in [9.17, 15) is 13.6 Å². The van der Waals surface area contributed by atoms with E-state index in [1.807, 2.05) is 38.1 Å². The first-order chi connectivity index (χ1) is 11.0. The molecule has 0 saturated heterocycles. The second kappa shape index (κ2) is 7.83. The lowest BCUT2D eigenvalue weighted by Gasteiger charge is -2.10. The molecule has 1 N–H and O–H groups in total. The summed E-state index contributed by atoms with van der Waals surface area (Å²) < 4.78 is 31.9. The quantitative estimate of drug-likeness (QED) is 0.879. The van der Waals surface area contributed by atoms with E-state index >= 15 is 0 Å². The molecule has 0 atom stereocenters. The van der Waals surface area contributed by atoms with Crippen LogP contribution in [0.15, 0.2) is 42.5 Å². The van der Waals surface area contributed by atoms with Gasteiger partial charge in [0.2, 0.25) is 0 Å². The van der Waals surface area contributed by atoms with Gasteiger partial charge in [-0.1, -0.05) is 24.3 Å². The molecule has 0 bridgehead atoms. The molecule has 5 heteroatoms. The van der Waals surface area contributed by atoms with Gasteiger partial charge < -0.3 is 10.1 Å². The molecule has 2 aromatic rings. The van der Waals surface area contributed by atoms with Crippen molar-refractivity contribution in [1.29, 1.82) is 0 Å². The van der Waals surface area contributed by atoms with Crippen molar-refractivity contribution < 1.29 is 18.3 Å². The van der Waals surface area contributed by atoms with Crippen LogP contribution in [0.1, 0.15) is 35.3 Å². The lowest BCUT2D eigenvalue weighted by atomic mass is 10.1. The average Bonchev–Trinajstić information content (AvgIpc) is 2.51. The molecule has 2 aromatic carbocycles. The monoisotopic (exact) mass is 319 g/mol. The van der Waals surface area contributed by atoms with Gasteiger partial charge in [-0.15, -0.1) is 0 Å². The third-order valence-electron chi connectivity index (χ3n) is 3.20. The number of amides is 1. The van der Waals surface area contributed by atoms with Crippen molar-refractivity contribution in [3.8, 4) is 0 Å². The fourth-order valence-corrected chi connectivity index (χ4v) is 2.04. The third kappa shape index (κ3) is 5.14. The Balaban J connectivity index is 1.97. The predicted molar refractivity (Wildman–Crippen MR) is 83.9 cm³/mol. The van der Waals surface area contributed by atoms with Crippen LogP contribution in [-0.2, 0) is 17.9 Å². The highest BCUT2D eigenvalue weighted by molar-refractivity contribution is 5.94. The Morgan fingerprint density at radius 2 is 1.87 bits per heavy atom. The second-order valence-electron chi connectivity index (χ2n) is 5.49. The summed E-state index contributed by atoms with van der Waals surface area (Å²) in [6.45, 7) is 4.67. The van der Waals surface area contributed by atoms with Gasteiger partial charge in [0.15, 0.2) is 0 Å². The predicted octanol–water partition coefficient (Wildman–Crippen LogP) is 3.82. The van der Waals surface area contributed by atoms with Gasteiger partial charge in [-0.3, -0.25) is 4.79 Å². The largest absolute Gasteiger partial charge is 0.374 e. The Hall–Kier alpha value is -2.27. The van der Waals surface area contributed by atoms with Crippen LogP contribution in [0.5, 0.6) is 0 Å². The van der Waals surface area contributed by atoms with E-state index in [1.165, 1.54) is 0 Å². The van der Waals surface area contributed by atoms with Crippen LogP contribution >= 0.6 is 0 Å². The molecule has 23 heavy (non-hydrogen) atoms. The number of nitrogens with one attached hydrogen (secondary N) is 1. The highest BCUT2D eigenvalue weighted by Crippen LogP contribution is 2.11. The number of rotatable bonds is 6. The lowest BCUT2D eigenvalue weighted by Crippen LogP contribution is -2.24. The number of hydrogen-bond acceptors (Lipinski definition) is 2. The fourth-order valence-electron chi connectivity index (χ4n) is 2.04. The molecule has 122 valence electrons. The van der Waals surface area contributed by atoms with Crippen LogP contribution in [0.4, 0.5) is 8.78 Å². The van der Waals surface area contributed by atoms with Crippen LogP contribution in [0.2, 0.25) is 0 Å². The molecule has 0 heterocycles. The van der Waals surface area contributed by atoms with E-state index in [0.717, 1.165) is 23.3 Å². The van der Waals surface area contributed by atoms with Gasteiger partial charge >= 0.3 is 0 Å². The number of halogens is 2. The van der Waals surface area contributed by atoms with Crippen molar-refractivity contribution in [1.82, 2.24) is 5.32 Å². The van der Waals surface area contributed by atoms with Gasteiger partial charge in [-0.05, 0) is 37.1 Å². The van der Waals surface area contributed by atoms with Crippen molar-refractivity contribution in [2.45, 2.75) is 33.1 Å². The number of ether oxygens (including phenoxy) is 1. The van der Waals surface area contributed by atoms with Gasteiger partial charge in [0.05, 0.1) is 18.3 Å². The molecule has 0 aromatic heterocycles. The van der Waals surface area contributed by atoms with E-state index in [-0.39, 0.29) is 18.2 Å². The Bertz CT molecular complexity index is 686. The van der Waals surface area contributed by atoms with Gasteiger partial charge in [-0.2, -0.15) is 0 Å². The molecule has 0 aliphatic carbocycles. The third-order valence-corrected chi connectivity index (χ3v) is 3.20. The molecule has 0 radical (unpaired) electrons. The van der Waals surface area contributed by atoms with Crippen LogP contribution in [0.3, 0.4) is 0 Å². The number of hydrogen-bond donors (Lipinski definition) is 1. The van der Waals surface area contributed by atoms with Crippen molar-refractivity contribution >= 4 is 5.91 Å². The minimum atomic E-state index is -0.874. The SMILES string of the molecule is CC(C)OCc1cccc(CNC(=O)c2ccc(F)cc2F)c1. The Morgan fingerprint density at radius 3 is 2.57 bits per heavy atom. The average molecular weight is 319 g/mol. The van der Waals surface area contributed by atoms with E-state index in [0.29, 0.717) is 12.7 Å². The molecule has 0 unspecified atom stereocenters. The van der Waals surface area contributed by atoms with Crippen LogP contribution in [0.25, 0.3) is 0 Å². The first-order valence-corrected chi connectivity index (χ1v) is 7.38. The molecule has 3 nitrogen and oxygen atoms in total. The van der Waals surface area contributed by atoms with Crippen LogP contribution in [0, 0.1) is 11.6 Å². The van der Waals surface area contributed by atoms with Crippen molar-refractivity contribution in [2.75, 3.05) is 0 Å². The van der Waals surface area contributed by atoms with Gasteiger partial charge in [0.1, 0.15) is 11.6 Å². The molecule has 0 aliphatic heterocycles. The highest BCUT2D eigenvalue weighted by Gasteiger charge is 2.12. The number of benzene rings is 2. The topological polar surface area (TPSA) is 38.3 Å². The maximum atomic E-state index is 13.5. The smallest absolute Gasteiger partial charge is 0.254 e. The van der Waals surface area contributed by atoms with E-state index < -0.39 is 17.5 Å². The first-order valence-electron chi connectivity index (χ1n) is 7.38. The van der Waals surface area contributed by atoms with Crippen molar-refractivity contribution in [2.24, 2.45) is 0 Å². The number of carbonyl (C=O) groups excluding carboxylic acids is 1. The molecule has 0 saturated carbocycles. The molecule has 0 fully saturated rings. The summed E-state index contributed by atoms with van der Waals surface area (Å²) in [5, 5.41) is 2.63. The zero-order valence-corrected chi connectivity index (χ0v) is 13.1. The molecule has 1 amide bonds. The van der Waals surface area contributed by atoms with Gasteiger partial charge in [0.25, 0.3) is 5.91 Å². The first kappa shape index (κ1) is 17.1. The summed E-state index contributed by atoms with van der Waals surface area (Å²) in [6.07, 6.45) is 0.139. The minimum absolute atomic E-state index is 0.139. The highest BCUT2D eigenvalue weighted by atomic mass is 19.1. The van der Waals surface area contributed by atoms with Crippen LogP contribution < -0.4 is 5.32 Å². The van der Waals surface area contributed by atoms with Crippen molar-refractivity contribution in [3.05, 3.63) is 70.8 Å². The fraction of sp³-hybridized carbons (Fsp3) is 0.278. The normalized spacial score (nSPS) is 10.8. The van der Waals surface area contributed by atoms with Crippen LogP contribution in [-0.4, -0.2) is 12.0 Å². The zero-order chi connectivity index (χ0) is 16.8. The second-order valence-corrected chi connectivity index (χ2v) is 5.49. The lowest BCUT2D eigenvalue weighted by molar-refractivity contribution is 0.0657. The maximum absolute atomic E-state index is 13.5. The summed E-state index contributed by atoms with van der Waals surface area (Å²) in [5.74, 6) is -2.16. The summed E-state index contributed by atoms with van der Waals surface area (Å²) in [7, 11) is 0. The molecule has 0 aliphatic rings.